The maximum absolute atomic E-state index is 2.39. The van der Waals surface area contributed by atoms with Crippen molar-refractivity contribution < 1.29 is 0 Å². The fraction of sp³-hybridized carbons (Fsp3) is 0. The summed E-state index contributed by atoms with van der Waals surface area (Å²) in [7, 11) is 0. The maximum Gasteiger partial charge on any atom is 0.0476 e. The molecule has 11 aromatic rings. The molecule has 0 spiro atoms. The maximum atomic E-state index is 2.39. The van der Waals surface area contributed by atoms with Crippen molar-refractivity contribution in [2.24, 2.45) is 0 Å². The van der Waals surface area contributed by atoms with Crippen molar-refractivity contribution in [2.45, 2.75) is 0 Å². The van der Waals surface area contributed by atoms with Gasteiger partial charge in [0, 0.05) is 57.4 Å². The van der Waals surface area contributed by atoms with Gasteiger partial charge in [-0.1, -0.05) is 127 Å². The molecule has 0 aliphatic carbocycles. The highest BCUT2D eigenvalue weighted by Crippen LogP contribution is 2.43. The lowest BCUT2D eigenvalue weighted by Crippen LogP contribution is -2.09. The molecular weight excluding hydrogens is 679 g/mol. The van der Waals surface area contributed by atoms with Crippen LogP contribution in [-0.4, -0.2) is 0 Å². The first-order valence-corrected chi connectivity index (χ1v) is 19.6. The Labute approximate surface area is 315 Å². The van der Waals surface area contributed by atoms with E-state index in [1.165, 1.54) is 84.1 Å². The number of anilines is 3. The van der Waals surface area contributed by atoms with Crippen LogP contribution in [0.1, 0.15) is 0 Å². The van der Waals surface area contributed by atoms with Crippen molar-refractivity contribution in [3.8, 4) is 22.3 Å². The van der Waals surface area contributed by atoms with E-state index in [1.54, 1.807) is 0 Å². The molecule has 0 N–H and O–H groups in total. The first-order valence-electron chi connectivity index (χ1n) is 18.0. The summed E-state index contributed by atoms with van der Waals surface area (Å²) < 4.78 is 5.28. The average molecular weight is 710 g/mol. The van der Waals surface area contributed by atoms with Gasteiger partial charge in [0.15, 0.2) is 0 Å². The van der Waals surface area contributed by atoms with E-state index in [0.29, 0.717) is 0 Å². The van der Waals surface area contributed by atoms with Gasteiger partial charge in [0.25, 0.3) is 0 Å². The topological polar surface area (TPSA) is 3.24 Å². The van der Waals surface area contributed by atoms with E-state index in [-0.39, 0.29) is 0 Å². The minimum Gasteiger partial charge on any atom is -0.310 e. The van der Waals surface area contributed by atoms with Gasteiger partial charge in [-0.15, -0.1) is 22.7 Å². The summed E-state index contributed by atoms with van der Waals surface area (Å²) in [5.74, 6) is 0. The van der Waals surface area contributed by atoms with Gasteiger partial charge in [0.2, 0.25) is 0 Å². The first-order chi connectivity index (χ1) is 26.2. The van der Waals surface area contributed by atoms with Crippen LogP contribution in [0.3, 0.4) is 0 Å². The summed E-state index contributed by atoms with van der Waals surface area (Å²) in [5.41, 5.74) is 8.29. The van der Waals surface area contributed by atoms with Crippen LogP contribution < -0.4 is 4.90 Å². The molecule has 9 aromatic carbocycles. The minimum absolute atomic E-state index is 1.12. The molecule has 0 saturated heterocycles. The Bertz CT molecular complexity index is 3160. The predicted octanol–water partition coefficient (Wildman–Crippen LogP) is 15.5. The minimum atomic E-state index is 1.12. The normalized spacial score (nSPS) is 11.8. The van der Waals surface area contributed by atoms with Gasteiger partial charge in [-0.25, -0.2) is 0 Å². The van der Waals surface area contributed by atoms with Gasteiger partial charge in [-0.3, -0.25) is 0 Å². The zero-order valence-corrected chi connectivity index (χ0v) is 30.3. The zero-order chi connectivity index (χ0) is 34.9. The number of fused-ring (bicyclic) bond motifs is 9. The van der Waals surface area contributed by atoms with E-state index in [2.05, 4.69) is 193 Å². The van der Waals surface area contributed by atoms with Crippen molar-refractivity contribution in [1.29, 1.82) is 0 Å². The van der Waals surface area contributed by atoms with Crippen LogP contribution in [0, 0.1) is 0 Å². The second kappa shape index (κ2) is 12.2. The molecule has 0 aliphatic rings. The number of hydrogen-bond acceptors (Lipinski definition) is 3. The standard InChI is InChI=1S/C50H31NS2/c1-2-10-40-33(8-1)9-7-13-41(40)34-20-25-38(26-21-34)51(39-27-28-43-42-11-3-5-14-46(42)53-49(43)31-39)37-23-18-32(19-24-37)36-17-16-35-22-29-48-50(45(35)30-36)44-12-4-6-15-47(44)52-48/h1-31H. The highest BCUT2D eigenvalue weighted by molar-refractivity contribution is 7.26. The molecule has 248 valence electrons. The number of rotatable bonds is 5. The lowest BCUT2D eigenvalue weighted by molar-refractivity contribution is 1.29. The van der Waals surface area contributed by atoms with Crippen LogP contribution in [0.5, 0.6) is 0 Å². The fourth-order valence-corrected chi connectivity index (χ4v) is 10.4. The van der Waals surface area contributed by atoms with Gasteiger partial charge in [-0.05, 0) is 104 Å². The predicted molar refractivity (Wildman–Crippen MR) is 233 cm³/mol. The summed E-state index contributed by atoms with van der Waals surface area (Å²) in [6.07, 6.45) is 0. The highest BCUT2D eigenvalue weighted by Gasteiger charge is 2.16. The Morgan fingerprint density at radius 3 is 1.68 bits per heavy atom. The van der Waals surface area contributed by atoms with Gasteiger partial charge >= 0.3 is 0 Å². The van der Waals surface area contributed by atoms with Gasteiger partial charge in [-0.2, -0.15) is 0 Å². The van der Waals surface area contributed by atoms with Crippen molar-refractivity contribution >= 4 is 102 Å². The molecule has 2 aromatic heterocycles. The highest BCUT2D eigenvalue weighted by atomic mass is 32.1. The number of nitrogens with zero attached hydrogens (tertiary/aromatic N) is 1. The molecule has 0 radical (unpaired) electrons. The molecule has 0 fully saturated rings. The molecule has 0 bridgehead atoms. The summed E-state index contributed by atoms with van der Waals surface area (Å²) in [4.78, 5) is 2.39. The van der Waals surface area contributed by atoms with Crippen LogP contribution in [0.25, 0.3) is 84.1 Å². The smallest absolute Gasteiger partial charge is 0.0476 e. The summed E-state index contributed by atoms with van der Waals surface area (Å²) in [6, 6.07) is 69.2. The number of thiophene rings is 2. The molecule has 0 aliphatic heterocycles. The molecule has 11 rings (SSSR count). The van der Waals surface area contributed by atoms with Crippen molar-refractivity contribution in [2.75, 3.05) is 4.90 Å². The van der Waals surface area contributed by atoms with Crippen molar-refractivity contribution in [3.05, 3.63) is 188 Å². The molecule has 0 atom stereocenters. The third-order valence-corrected chi connectivity index (χ3v) is 12.9. The van der Waals surface area contributed by atoms with Crippen LogP contribution >= 0.6 is 22.7 Å². The van der Waals surface area contributed by atoms with Crippen LogP contribution in [0.4, 0.5) is 17.1 Å². The van der Waals surface area contributed by atoms with E-state index in [4.69, 9.17) is 0 Å². The van der Waals surface area contributed by atoms with Crippen LogP contribution in [-0.2, 0) is 0 Å². The number of hydrogen-bond donors (Lipinski definition) is 0. The van der Waals surface area contributed by atoms with E-state index >= 15 is 0 Å². The second-order valence-corrected chi connectivity index (χ2v) is 15.9. The Balaban J connectivity index is 1.02. The summed E-state index contributed by atoms with van der Waals surface area (Å²) >= 11 is 3.74. The third kappa shape index (κ3) is 5.04. The lowest BCUT2D eigenvalue weighted by Gasteiger charge is -2.26. The molecule has 1 nitrogen and oxygen atoms in total. The number of benzene rings is 9. The van der Waals surface area contributed by atoms with Gasteiger partial charge in [0.05, 0.1) is 0 Å². The Hall–Kier alpha value is -6.26. The largest absolute Gasteiger partial charge is 0.310 e. The first kappa shape index (κ1) is 30.4. The summed E-state index contributed by atoms with van der Waals surface area (Å²) in [6.45, 7) is 0. The van der Waals surface area contributed by atoms with Crippen LogP contribution in [0.2, 0.25) is 0 Å². The third-order valence-electron chi connectivity index (χ3n) is 10.7. The molecular formula is C50H31NS2. The van der Waals surface area contributed by atoms with Crippen molar-refractivity contribution in [3.63, 3.8) is 0 Å². The van der Waals surface area contributed by atoms with Gasteiger partial charge in [0.1, 0.15) is 0 Å². The molecule has 3 heteroatoms. The molecule has 0 saturated carbocycles. The molecule has 53 heavy (non-hydrogen) atoms. The quantitative estimate of drug-likeness (QED) is 0.172. The van der Waals surface area contributed by atoms with E-state index < -0.39 is 0 Å². The average Bonchev–Trinajstić information content (AvgIpc) is 3.79. The van der Waals surface area contributed by atoms with Gasteiger partial charge < -0.3 is 4.90 Å². The monoisotopic (exact) mass is 709 g/mol. The lowest BCUT2D eigenvalue weighted by atomic mass is 9.97. The second-order valence-electron chi connectivity index (χ2n) is 13.7. The molecule has 0 amide bonds. The Morgan fingerprint density at radius 2 is 0.868 bits per heavy atom. The Morgan fingerprint density at radius 1 is 0.302 bits per heavy atom. The van der Waals surface area contributed by atoms with Crippen LogP contribution in [0.15, 0.2) is 188 Å². The fourth-order valence-electron chi connectivity index (χ4n) is 8.09. The zero-order valence-electron chi connectivity index (χ0n) is 28.7. The Kier molecular flexibility index (Phi) is 6.97. The van der Waals surface area contributed by atoms with Crippen molar-refractivity contribution in [1.82, 2.24) is 0 Å². The molecule has 0 unspecified atom stereocenters. The van der Waals surface area contributed by atoms with E-state index in [0.717, 1.165) is 17.1 Å². The van der Waals surface area contributed by atoms with E-state index in [1.807, 2.05) is 22.7 Å². The molecule has 2 heterocycles. The van der Waals surface area contributed by atoms with E-state index in [9.17, 15) is 0 Å². The summed E-state index contributed by atoms with van der Waals surface area (Å²) in [5, 5.41) is 10.4. The SMILES string of the molecule is c1ccc2c(-c3ccc(N(c4ccc(-c5ccc6ccc7sc8ccccc8c7c6c5)cc4)c4ccc5c(c4)sc4ccccc45)cc3)cccc2c1.